The van der Waals surface area contributed by atoms with Gasteiger partial charge in [0, 0.05) is 74.9 Å². The minimum absolute atomic E-state index is 0.0399. The van der Waals surface area contributed by atoms with Crippen LogP contribution in [0.2, 0.25) is 0 Å². The van der Waals surface area contributed by atoms with Gasteiger partial charge in [0.1, 0.15) is 6.04 Å². The number of carbonyl (C=O) groups excluding carboxylic acids is 4. The summed E-state index contributed by atoms with van der Waals surface area (Å²) in [4.78, 5) is 73.5. The van der Waals surface area contributed by atoms with Crippen LogP contribution in [0.4, 0.5) is 0 Å². The Morgan fingerprint density at radius 2 is 1.62 bits per heavy atom. The van der Waals surface area contributed by atoms with E-state index in [-0.39, 0.29) is 77.6 Å². The number of aryl methyl sites for hydroxylation is 1. The van der Waals surface area contributed by atoms with Gasteiger partial charge in [0.15, 0.2) is 0 Å². The van der Waals surface area contributed by atoms with E-state index in [0.29, 0.717) is 38.1 Å². The standard InChI is InChI=1S/C46H76N8O7S.CH4O/c1-10-12-35(51-45(58)42(26(4)5)52-44(57)41(47-8)25(2)3)37(61-9)22-39(55)54-18-11-13-31(54)19-27(6)43(56)50-30(21-38-49-28(7)24-62-38)20-36-32-16-17-34-33(40(34)46(59)60)15-14-29(32)23-48-53-36;1-2/h24-27,29-31,33-35,37,40-42,47-48,53H,10-23H2,1-9H3,(H,50,56)(H,51,58)(H,52,57)(H,59,60);2H,1H3/t27?,29?,30-,31?,33?,34?,35?,37?,40?,41?,42?;/m0./s1. The molecule has 362 valence electrons. The molecule has 64 heavy (non-hydrogen) atoms. The van der Waals surface area contributed by atoms with Crippen LogP contribution in [0.15, 0.2) is 16.7 Å². The Hall–Kier alpha value is -3.64. The Labute approximate surface area is 385 Å². The van der Waals surface area contributed by atoms with E-state index < -0.39 is 30.2 Å². The van der Waals surface area contributed by atoms with Gasteiger partial charge in [0.05, 0.1) is 35.5 Å². The zero-order chi connectivity index (χ0) is 47.2. The summed E-state index contributed by atoms with van der Waals surface area (Å²) in [6.07, 6.45) is 7.85. The first-order valence-corrected chi connectivity index (χ1v) is 24.6. The zero-order valence-corrected chi connectivity index (χ0v) is 40.9. The van der Waals surface area contributed by atoms with Crippen molar-refractivity contribution in [1.29, 1.82) is 0 Å². The lowest BCUT2D eigenvalue weighted by Gasteiger charge is -2.34. The fourth-order valence-corrected chi connectivity index (χ4v) is 11.3. The van der Waals surface area contributed by atoms with Crippen molar-refractivity contribution in [3.63, 3.8) is 0 Å². The third-order valence-electron chi connectivity index (χ3n) is 13.9. The molecule has 0 spiro atoms. The van der Waals surface area contributed by atoms with Gasteiger partial charge in [-0.2, -0.15) is 0 Å². The number of hydrogen-bond donors (Lipinski definition) is 8. The molecule has 17 heteroatoms. The van der Waals surface area contributed by atoms with Gasteiger partial charge >= 0.3 is 5.97 Å². The van der Waals surface area contributed by atoms with E-state index in [1.165, 1.54) is 5.57 Å². The van der Waals surface area contributed by atoms with Gasteiger partial charge in [-0.15, -0.1) is 11.3 Å². The smallest absolute Gasteiger partial charge is 0.307 e. The monoisotopic (exact) mass is 917 g/mol. The number of nitrogens with one attached hydrogen (secondary N) is 6. The second kappa shape index (κ2) is 25.3. The van der Waals surface area contributed by atoms with E-state index in [1.807, 2.05) is 58.7 Å². The van der Waals surface area contributed by atoms with E-state index in [0.717, 1.165) is 75.0 Å². The summed E-state index contributed by atoms with van der Waals surface area (Å²) in [6, 6.07) is -1.95. The van der Waals surface area contributed by atoms with Crippen LogP contribution < -0.4 is 32.1 Å². The minimum atomic E-state index is -0.754. The molecule has 0 bridgehead atoms. The molecule has 1 saturated heterocycles. The predicted octanol–water partition coefficient (Wildman–Crippen LogP) is 4.07. The lowest BCUT2D eigenvalue weighted by Crippen LogP contribution is -2.58. The summed E-state index contributed by atoms with van der Waals surface area (Å²) in [5.74, 6) is -1.14. The minimum Gasteiger partial charge on any atom is -0.481 e. The third kappa shape index (κ3) is 14.2. The summed E-state index contributed by atoms with van der Waals surface area (Å²) in [5, 5.41) is 32.3. The molecule has 2 saturated carbocycles. The van der Waals surface area contributed by atoms with Crippen LogP contribution in [0, 0.1) is 48.3 Å². The fourth-order valence-electron chi connectivity index (χ4n) is 10.4. The van der Waals surface area contributed by atoms with E-state index in [4.69, 9.17) is 14.8 Å². The first-order chi connectivity index (χ1) is 30.6. The van der Waals surface area contributed by atoms with Gasteiger partial charge in [-0.3, -0.25) is 24.0 Å². The van der Waals surface area contributed by atoms with Gasteiger partial charge in [-0.1, -0.05) is 48.0 Å². The number of rotatable bonds is 22. The van der Waals surface area contributed by atoms with Crippen LogP contribution in [0.25, 0.3) is 0 Å². The summed E-state index contributed by atoms with van der Waals surface area (Å²) in [7, 11) is 4.30. The topological polar surface area (TPSA) is 223 Å². The average molecular weight is 917 g/mol. The molecule has 1 aromatic heterocycles. The van der Waals surface area contributed by atoms with Crippen LogP contribution in [-0.4, -0.2) is 120 Å². The van der Waals surface area contributed by atoms with E-state index in [9.17, 15) is 29.1 Å². The first-order valence-electron chi connectivity index (χ1n) is 23.8. The Morgan fingerprint density at radius 3 is 2.23 bits per heavy atom. The number of hydrazine groups is 1. The van der Waals surface area contributed by atoms with Crippen LogP contribution in [0.5, 0.6) is 0 Å². The number of ether oxygens (including phenoxy) is 1. The normalized spacial score (nSPS) is 24.6. The number of carboxylic acids is 1. The number of carbonyl (C=O) groups is 5. The number of likely N-dealkylation sites (tertiary alicyclic amines) is 1. The molecular weight excluding hydrogens is 837 g/mol. The highest BCUT2D eigenvalue weighted by Gasteiger charge is 2.55. The highest BCUT2D eigenvalue weighted by Crippen LogP contribution is 2.55. The maximum atomic E-state index is 14.1. The predicted molar refractivity (Wildman–Crippen MR) is 249 cm³/mol. The maximum absolute atomic E-state index is 14.1. The SMILES string of the molecule is CCCC(NC(=O)C(NC(=O)C(NC)C(C)C)C(C)C)C(CC(=O)N1CCCC1CC(C)C(=O)N[C@@H](CC1=C2CCC3C(CCC2CNN1)C3C(=O)O)Cc1nc(C)cs1)OC.CO. The zero-order valence-electron chi connectivity index (χ0n) is 40.1. The molecule has 11 atom stereocenters. The van der Waals surface area contributed by atoms with E-state index in [1.54, 1.807) is 25.5 Å². The summed E-state index contributed by atoms with van der Waals surface area (Å²) < 4.78 is 5.92. The van der Waals surface area contributed by atoms with Crippen molar-refractivity contribution in [3.8, 4) is 0 Å². The largest absolute Gasteiger partial charge is 0.481 e. The number of nitrogens with zero attached hydrogens (tertiary/aromatic N) is 2. The number of hydrogen-bond acceptors (Lipinski definition) is 12. The molecule has 2 aliphatic heterocycles. The molecule has 8 N–H and O–H groups in total. The number of thiazole rings is 1. The summed E-state index contributed by atoms with van der Waals surface area (Å²) >= 11 is 1.60. The van der Waals surface area contributed by atoms with Gasteiger partial charge in [-0.05, 0) is 101 Å². The number of fused-ring (bicyclic) bond motifs is 2. The molecule has 0 radical (unpaired) electrons. The molecule has 1 aromatic rings. The van der Waals surface area contributed by atoms with Crippen molar-refractivity contribution in [1.82, 2.24) is 42.0 Å². The van der Waals surface area contributed by atoms with Crippen molar-refractivity contribution in [2.75, 3.05) is 34.4 Å². The van der Waals surface area contributed by atoms with Gasteiger partial charge in [0.25, 0.3) is 0 Å². The van der Waals surface area contributed by atoms with Crippen molar-refractivity contribution in [3.05, 3.63) is 27.4 Å². The number of amides is 4. The maximum Gasteiger partial charge on any atom is 0.307 e. The van der Waals surface area contributed by atoms with Crippen molar-refractivity contribution >= 4 is 40.9 Å². The third-order valence-corrected chi connectivity index (χ3v) is 14.9. The fraction of sp³-hybridized carbons (Fsp3) is 0.787. The number of aliphatic carboxylic acids is 1. The Balaban J connectivity index is 0.00000442. The number of aliphatic hydroxyl groups is 1. The van der Waals surface area contributed by atoms with Crippen LogP contribution in [-0.2, 0) is 35.1 Å². The van der Waals surface area contributed by atoms with Gasteiger partial charge in [-0.25, -0.2) is 10.4 Å². The molecule has 4 amide bonds. The molecule has 5 rings (SSSR count). The molecule has 3 fully saturated rings. The average Bonchev–Trinajstić information content (AvgIpc) is 3.47. The molecule has 0 aromatic carbocycles. The number of aromatic nitrogens is 1. The van der Waals surface area contributed by atoms with Crippen LogP contribution in [0.3, 0.4) is 0 Å². The quantitative estimate of drug-likeness (QED) is 0.0825. The van der Waals surface area contributed by atoms with Crippen LogP contribution >= 0.6 is 11.3 Å². The number of likely N-dealkylation sites (N-methyl/N-ethyl adjacent to an activating group) is 1. The molecule has 16 nitrogen and oxygen atoms in total. The number of methoxy groups -OCH3 is 1. The molecule has 10 unspecified atom stereocenters. The Morgan fingerprint density at radius 1 is 0.938 bits per heavy atom. The van der Waals surface area contributed by atoms with E-state index >= 15 is 0 Å². The van der Waals surface area contributed by atoms with E-state index in [2.05, 4.69) is 32.1 Å². The second-order valence-electron chi connectivity index (χ2n) is 19.2. The molecule has 3 heterocycles. The van der Waals surface area contributed by atoms with Gasteiger partial charge < -0.3 is 46.5 Å². The number of carboxylic acid groups (broad SMARTS) is 1. The highest BCUT2D eigenvalue weighted by molar-refractivity contribution is 7.09. The Kier molecular flexibility index (Phi) is 21.0. The number of aliphatic hydroxyl groups excluding tert-OH is 1. The molecular formula is C47H80N8O8S. The van der Waals surface area contributed by atoms with Crippen LogP contribution in [0.1, 0.15) is 123 Å². The lowest BCUT2D eigenvalue weighted by atomic mass is 9.83. The van der Waals surface area contributed by atoms with Crippen molar-refractivity contribution in [2.24, 2.45) is 41.4 Å². The Bertz CT molecular complexity index is 1740. The lowest BCUT2D eigenvalue weighted by molar-refractivity contribution is -0.139. The molecule has 4 aliphatic rings. The first kappa shape index (κ1) is 53.0. The summed E-state index contributed by atoms with van der Waals surface area (Å²) in [6.45, 7) is 15.0. The van der Waals surface area contributed by atoms with Gasteiger partial charge in [0.2, 0.25) is 23.6 Å². The van der Waals surface area contributed by atoms with Crippen molar-refractivity contribution < 1.29 is 38.9 Å². The van der Waals surface area contributed by atoms with Crippen molar-refractivity contribution in [2.45, 2.75) is 162 Å². The molecule has 2 aliphatic carbocycles. The highest BCUT2D eigenvalue weighted by atomic mass is 32.1. The summed E-state index contributed by atoms with van der Waals surface area (Å²) in [5.41, 5.74) is 10.2. The second-order valence-corrected chi connectivity index (χ2v) is 20.1.